The molecule has 3 aromatic heterocycles. The normalized spacial score (nSPS) is 12.1. The number of nitrogen functional groups attached to an aromatic ring is 1. The maximum Gasteiger partial charge on any atom is 0.410 e. The van der Waals surface area contributed by atoms with E-state index in [0.29, 0.717) is 58.7 Å². The number of primary sulfonamides is 1. The first-order valence-corrected chi connectivity index (χ1v) is 18.6. The Balaban J connectivity index is 1.39. The van der Waals surface area contributed by atoms with Crippen molar-refractivity contribution in [3.05, 3.63) is 65.5 Å². The summed E-state index contributed by atoms with van der Waals surface area (Å²) in [5, 5.41) is 12.5. The van der Waals surface area contributed by atoms with Crippen molar-refractivity contribution in [2.45, 2.75) is 71.2 Å². The Kier molecular flexibility index (Phi) is 11.3. The SMILES string of the molecule is CCn1nc(C)cc1C(=O)Nc1nc2cc(S(N)(=O)=O)ccc2n1C/C=C/Cn1c(N)nc2cc(C(N)=O)cc(OCCCN(C)C(=O)OC(C)(C)C)c21. The Morgan fingerprint density at radius 2 is 1.72 bits per heavy atom. The van der Waals surface area contributed by atoms with Crippen LogP contribution in [0.25, 0.3) is 22.1 Å². The molecule has 5 aromatic rings. The molecule has 0 aliphatic rings. The largest absolute Gasteiger partial charge is 0.491 e. The van der Waals surface area contributed by atoms with Crippen LogP contribution < -0.4 is 26.7 Å². The number of benzene rings is 2. The van der Waals surface area contributed by atoms with Gasteiger partial charge in [-0.1, -0.05) is 12.2 Å². The number of hydrogen-bond donors (Lipinski definition) is 4. The monoisotopic (exact) mass is 763 g/mol. The van der Waals surface area contributed by atoms with Crippen LogP contribution in [0.2, 0.25) is 0 Å². The topological polar surface area (TPSA) is 251 Å². The quantitative estimate of drug-likeness (QED) is 0.0942. The summed E-state index contributed by atoms with van der Waals surface area (Å²) < 4.78 is 40.7. The van der Waals surface area contributed by atoms with E-state index in [9.17, 15) is 22.8 Å². The number of sulfonamides is 1. The van der Waals surface area contributed by atoms with E-state index in [1.165, 1.54) is 29.2 Å². The fourth-order valence-corrected chi connectivity index (χ4v) is 6.20. The Bertz CT molecular complexity index is 2370. The zero-order chi connectivity index (χ0) is 39.5. The molecule has 2 aromatic carbocycles. The Labute approximate surface area is 311 Å². The number of carbonyl (C=O) groups excluding carboxylic acids is 3. The lowest BCUT2D eigenvalue weighted by molar-refractivity contribution is 0.0292. The highest BCUT2D eigenvalue weighted by Gasteiger charge is 2.22. The predicted molar refractivity (Wildman–Crippen MR) is 202 cm³/mol. The van der Waals surface area contributed by atoms with Crippen molar-refractivity contribution in [2.24, 2.45) is 10.9 Å². The average molecular weight is 764 g/mol. The second kappa shape index (κ2) is 15.6. The van der Waals surface area contributed by atoms with Gasteiger partial charge in [0.05, 0.1) is 33.7 Å². The standard InChI is InChI=1S/C35H45N11O7S/c1-7-46-27(17-21(2)42-46)31(48)41-33-40-24-20-23(54(38,50)51)11-12-26(24)44(33)14-8-9-15-45-29-25(39-32(45)37)18-22(30(36)47)19-28(29)52-16-10-13-43(6)34(49)53-35(3,4)5/h8-9,11-12,17-20H,7,10,13-16H2,1-6H3,(H2,36,47)(H2,37,39)(H2,38,50,51)(H,40,41,48)/b9-8+. The van der Waals surface area contributed by atoms with Crippen molar-refractivity contribution in [3.8, 4) is 5.75 Å². The summed E-state index contributed by atoms with van der Waals surface area (Å²) in [4.78, 5) is 48.2. The average Bonchev–Trinajstić information content (AvgIpc) is 3.74. The second-order valence-electron chi connectivity index (χ2n) is 13.5. The van der Waals surface area contributed by atoms with Crippen LogP contribution in [0.4, 0.5) is 16.7 Å². The van der Waals surface area contributed by atoms with E-state index in [4.69, 9.17) is 26.1 Å². The number of anilines is 2. The molecule has 0 aliphatic heterocycles. The van der Waals surface area contributed by atoms with Gasteiger partial charge in [-0.25, -0.2) is 28.3 Å². The first kappa shape index (κ1) is 39.3. The summed E-state index contributed by atoms with van der Waals surface area (Å²) in [5.41, 5.74) is 14.3. The fraction of sp³-hybridized carbons (Fsp3) is 0.371. The highest BCUT2D eigenvalue weighted by Crippen LogP contribution is 2.30. The van der Waals surface area contributed by atoms with Crippen LogP contribution in [0.15, 0.2) is 53.4 Å². The molecule has 288 valence electrons. The molecule has 0 fully saturated rings. The van der Waals surface area contributed by atoms with E-state index in [2.05, 4.69) is 20.4 Å². The van der Waals surface area contributed by atoms with Gasteiger partial charge in [0.15, 0.2) is 0 Å². The van der Waals surface area contributed by atoms with Crippen molar-refractivity contribution < 1.29 is 32.3 Å². The number of imidazole rings is 2. The Hall–Kier alpha value is -5.95. The maximum atomic E-state index is 13.4. The third kappa shape index (κ3) is 8.97. The zero-order valence-corrected chi connectivity index (χ0v) is 31.8. The van der Waals surface area contributed by atoms with E-state index in [1.807, 2.05) is 19.1 Å². The minimum atomic E-state index is -4.01. The lowest BCUT2D eigenvalue weighted by atomic mass is 10.1. The van der Waals surface area contributed by atoms with Crippen molar-refractivity contribution >= 4 is 61.9 Å². The van der Waals surface area contributed by atoms with Gasteiger partial charge in [-0.05, 0) is 77.4 Å². The predicted octanol–water partition coefficient (Wildman–Crippen LogP) is 3.38. The molecule has 0 spiro atoms. The molecular weight excluding hydrogens is 719 g/mol. The molecule has 18 nitrogen and oxygen atoms in total. The van der Waals surface area contributed by atoms with Crippen molar-refractivity contribution in [1.82, 2.24) is 33.8 Å². The number of hydrogen-bond acceptors (Lipinski definition) is 11. The molecule has 0 saturated heterocycles. The number of amides is 3. The zero-order valence-electron chi connectivity index (χ0n) is 31.0. The highest BCUT2D eigenvalue weighted by molar-refractivity contribution is 7.89. The number of carbonyl (C=O) groups is 3. The lowest BCUT2D eigenvalue weighted by Crippen LogP contribution is -2.35. The maximum absolute atomic E-state index is 13.4. The minimum Gasteiger partial charge on any atom is -0.491 e. The number of nitrogens with zero attached hydrogens (tertiary/aromatic N) is 7. The lowest BCUT2D eigenvalue weighted by Gasteiger charge is -2.24. The van der Waals surface area contributed by atoms with Crippen LogP contribution in [0.3, 0.4) is 0 Å². The summed E-state index contributed by atoms with van der Waals surface area (Å²) in [6, 6.07) is 9.01. The summed E-state index contributed by atoms with van der Waals surface area (Å²) in [5.74, 6) is -0.448. The molecule has 0 bridgehead atoms. The van der Waals surface area contributed by atoms with Crippen LogP contribution in [-0.2, 0) is 34.4 Å². The van der Waals surface area contributed by atoms with E-state index in [0.717, 1.165) is 0 Å². The molecule has 54 heavy (non-hydrogen) atoms. The molecule has 0 aliphatic carbocycles. The Morgan fingerprint density at radius 1 is 1.02 bits per heavy atom. The number of aryl methyl sites for hydroxylation is 2. The van der Waals surface area contributed by atoms with Gasteiger partial charge in [-0.2, -0.15) is 5.10 Å². The van der Waals surface area contributed by atoms with Crippen LogP contribution >= 0.6 is 0 Å². The van der Waals surface area contributed by atoms with Crippen molar-refractivity contribution in [1.29, 1.82) is 0 Å². The second-order valence-corrected chi connectivity index (χ2v) is 15.1. The molecule has 3 amide bonds. The smallest absolute Gasteiger partial charge is 0.410 e. The van der Waals surface area contributed by atoms with Gasteiger partial charge in [0.1, 0.15) is 22.6 Å². The summed E-state index contributed by atoms with van der Waals surface area (Å²) in [7, 11) is -2.37. The van der Waals surface area contributed by atoms with Gasteiger partial charge in [0.25, 0.3) is 5.91 Å². The molecule has 0 unspecified atom stereocenters. The molecular formula is C35H45N11O7S. The van der Waals surface area contributed by atoms with Gasteiger partial charge >= 0.3 is 6.09 Å². The van der Waals surface area contributed by atoms with Crippen LogP contribution in [0.1, 0.15) is 60.7 Å². The third-order valence-electron chi connectivity index (χ3n) is 8.17. The van der Waals surface area contributed by atoms with Gasteiger partial charge in [-0.15, -0.1) is 0 Å². The van der Waals surface area contributed by atoms with E-state index >= 15 is 0 Å². The van der Waals surface area contributed by atoms with E-state index in [1.54, 1.807) is 60.7 Å². The number of fused-ring (bicyclic) bond motifs is 2. The Morgan fingerprint density at radius 3 is 2.37 bits per heavy atom. The van der Waals surface area contributed by atoms with Crippen LogP contribution in [-0.4, -0.2) is 85.9 Å². The molecule has 0 atom stereocenters. The molecule has 0 saturated carbocycles. The number of rotatable bonds is 14. The molecule has 7 N–H and O–H groups in total. The highest BCUT2D eigenvalue weighted by atomic mass is 32.2. The number of aromatic nitrogens is 6. The first-order valence-electron chi connectivity index (χ1n) is 17.1. The third-order valence-corrected chi connectivity index (χ3v) is 9.08. The van der Waals surface area contributed by atoms with Gasteiger partial charge in [0.2, 0.25) is 27.8 Å². The van der Waals surface area contributed by atoms with Crippen molar-refractivity contribution in [2.75, 3.05) is 31.2 Å². The summed E-state index contributed by atoms with van der Waals surface area (Å²) in [6.07, 6.45) is 3.65. The number of allylic oxidation sites excluding steroid dienone is 2. The number of nitrogens with two attached hydrogens (primary N) is 3. The number of ether oxygens (including phenoxy) is 2. The van der Waals surface area contributed by atoms with Gasteiger partial charge < -0.3 is 35.0 Å². The van der Waals surface area contributed by atoms with Crippen molar-refractivity contribution in [3.63, 3.8) is 0 Å². The molecule has 19 heteroatoms. The number of nitrogens with one attached hydrogen (secondary N) is 1. The first-order chi connectivity index (χ1) is 25.4. The minimum absolute atomic E-state index is 0.122. The van der Waals surface area contributed by atoms with Gasteiger partial charge in [0, 0.05) is 38.8 Å². The number of primary amides is 1. The van der Waals surface area contributed by atoms with Crippen LogP contribution in [0, 0.1) is 6.92 Å². The fourth-order valence-electron chi connectivity index (χ4n) is 5.66. The summed E-state index contributed by atoms with van der Waals surface area (Å²) >= 11 is 0. The molecule has 5 rings (SSSR count). The van der Waals surface area contributed by atoms with E-state index in [-0.39, 0.29) is 42.1 Å². The van der Waals surface area contributed by atoms with Gasteiger partial charge in [-0.3, -0.25) is 19.6 Å². The molecule has 3 heterocycles. The molecule has 0 radical (unpaired) electrons. The summed E-state index contributed by atoms with van der Waals surface area (Å²) in [6.45, 7) is 10.5. The van der Waals surface area contributed by atoms with E-state index < -0.39 is 33.5 Å². The van der Waals surface area contributed by atoms with Crippen LogP contribution in [0.5, 0.6) is 5.75 Å².